The molecule has 184 valence electrons. The molecule has 1 aromatic heterocycles. The quantitative estimate of drug-likeness (QED) is 0.276. The van der Waals surface area contributed by atoms with Crippen LogP contribution in [0.25, 0.3) is 0 Å². The number of sulfonamides is 1. The number of methoxy groups -OCH3 is 1. The third-order valence-electron chi connectivity index (χ3n) is 5.06. The molecule has 0 spiro atoms. The summed E-state index contributed by atoms with van der Waals surface area (Å²) in [5.74, 6) is -0.632. The lowest BCUT2D eigenvalue weighted by atomic mass is 10.1. The van der Waals surface area contributed by atoms with Gasteiger partial charge in [-0.1, -0.05) is 46.9 Å². The predicted octanol–water partition coefficient (Wildman–Crippen LogP) is 3.02. The minimum absolute atomic E-state index is 0.0623. The fourth-order valence-corrected chi connectivity index (χ4v) is 6.30. The molecule has 13 heteroatoms. The molecular formula is C22H22N4O6S3. The average Bonchev–Trinajstić information content (AvgIpc) is 3.29. The Labute approximate surface area is 210 Å². The monoisotopic (exact) mass is 534 g/mol. The van der Waals surface area contributed by atoms with Gasteiger partial charge in [0.05, 0.1) is 30.0 Å². The molecule has 2 heterocycles. The third-order valence-corrected chi connectivity index (χ3v) is 8.80. The van der Waals surface area contributed by atoms with Crippen molar-refractivity contribution in [3.05, 3.63) is 53.6 Å². The maximum atomic E-state index is 13.5. The number of thioether (sulfide) groups is 1. The number of fused-ring (bicyclic) bond motifs is 1. The van der Waals surface area contributed by atoms with Crippen molar-refractivity contribution in [2.75, 3.05) is 29.0 Å². The molecule has 1 amide bonds. The van der Waals surface area contributed by atoms with Crippen molar-refractivity contribution >= 4 is 55.8 Å². The van der Waals surface area contributed by atoms with E-state index in [4.69, 9.17) is 4.74 Å². The smallest absolute Gasteiger partial charge is 0.316 e. The molecule has 1 aliphatic rings. The Bertz CT molecular complexity index is 1360. The molecule has 10 nitrogen and oxygen atoms in total. The van der Waals surface area contributed by atoms with Crippen LogP contribution in [0.15, 0.2) is 51.7 Å². The normalized spacial score (nSPS) is 15.2. The van der Waals surface area contributed by atoms with Crippen LogP contribution in [-0.2, 0) is 24.3 Å². The number of ether oxygens (including phenoxy) is 2. The summed E-state index contributed by atoms with van der Waals surface area (Å²) in [5, 5.41) is 10.7. The van der Waals surface area contributed by atoms with Gasteiger partial charge in [0, 0.05) is 0 Å². The van der Waals surface area contributed by atoms with Crippen molar-refractivity contribution in [2.45, 2.75) is 29.2 Å². The van der Waals surface area contributed by atoms with Gasteiger partial charge in [0.1, 0.15) is 5.75 Å². The first-order chi connectivity index (χ1) is 16.7. The zero-order chi connectivity index (χ0) is 25.2. The lowest BCUT2D eigenvalue weighted by molar-refractivity contribution is -0.137. The maximum absolute atomic E-state index is 13.5. The second kappa shape index (κ2) is 10.2. The van der Waals surface area contributed by atoms with Crippen molar-refractivity contribution in [3.63, 3.8) is 0 Å². The molecule has 1 unspecified atom stereocenters. The van der Waals surface area contributed by atoms with E-state index in [2.05, 4.69) is 20.3 Å². The highest BCUT2D eigenvalue weighted by atomic mass is 32.2. The van der Waals surface area contributed by atoms with Crippen molar-refractivity contribution < 1.29 is 27.5 Å². The molecule has 0 saturated heterocycles. The Morgan fingerprint density at radius 3 is 2.60 bits per heavy atom. The Hall–Kier alpha value is -3.16. The van der Waals surface area contributed by atoms with Crippen LogP contribution in [0.1, 0.15) is 11.1 Å². The topological polar surface area (TPSA) is 128 Å². The number of aryl methyl sites for hydroxylation is 2. The molecule has 3 aromatic rings. The molecule has 0 bridgehead atoms. The number of aromatic nitrogens is 2. The number of esters is 1. The van der Waals surface area contributed by atoms with Crippen LogP contribution in [0.2, 0.25) is 0 Å². The highest BCUT2D eigenvalue weighted by molar-refractivity contribution is 8.01. The third kappa shape index (κ3) is 5.57. The van der Waals surface area contributed by atoms with Gasteiger partial charge in [-0.3, -0.25) is 19.2 Å². The summed E-state index contributed by atoms with van der Waals surface area (Å²) in [6.07, 6.45) is -1.12. The largest absolute Gasteiger partial charge is 0.476 e. The number of carbonyl (C=O) groups is 2. The van der Waals surface area contributed by atoms with Gasteiger partial charge in [-0.25, -0.2) is 8.42 Å². The minimum Gasteiger partial charge on any atom is -0.476 e. The number of amides is 1. The lowest BCUT2D eigenvalue weighted by Gasteiger charge is -2.34. The van der Waals surface area contributed by atoms with E-state index in [1.54, 1.807) is 42.5 Å². The maximum Gasteiger partial charge on any atom is 0.316 e. The van der Waals surface area contributed by atoms with E-state index in [9.17, 15) is 18.0 Å². The van der Waals surface area contributed by atoms with Gasteiger partial charge in [0.15, 0.2) is 10.4 Å². The molecule has 0 aliphatic carbocycles. The molecule has 2 aromatic carbocycles. The van der Waals surface area contributed by atoms with Gasteiger partial charge < -0.3 is 9.47 Å². The molecule has 1 aliphatic heterocycles. The van der Waals surface area contributed by atoms with E-state index >= 15 is 0 Å². The van der Waals surface area contributed by atoms with Crippen molar-refractivity contribution in [3.8, 4) is 5.75 Å². The highest BCUT2D eigenvalue weighted by Crippen LogP contribution is 2.38. The number of nitrogens with one attached hydrogen (secondary N) is 1. The summed E-state index contributed by atoms with van der Waals surface area (Å²) in [5.41, 5.74) is 2.15. The standard InChI is InChI=1S/C22H22N4O6S3/c1-13-4-7-15(8-5-13)35(29,30)26-11-18(32-17-9-6-14(2)10-16(17)26)20(28)23-21-24-25-22(34-21)33-12-19(27)31-3/h4-10,18H,11-12H2,1-3H3,(H,23,24,28). The van der Waals surface area contributed by atoms with Gasteiger partial charge in [-0.05, 0) is 43.7 Å². The van der Waals surface area contributed by atoms with E-state index < -0.39 is 28.0 Å². The highest BCUT2D eigenvalue weighted by Gasteiger charge is 2.38. The molecular weight excluding hydrogens is 512 g/mol. The average molecular weight is 535 g/mol. The van der Waals surface area contributed by atoms with Gasteiger partial charge in [0.25, 0.3) is 15.9 Å². The van der Waals surface area contributed by atoms with Crippen molar-refractivity contribution in [1.29, 1.82) is 0 Å². The van der Waals surface area contributed by atoms with E-state index in [0.29, 0.717) is 10.0 Å². The van der Waals surface area contributed by atoms with Crippen LogP contribution in [0.3, 0.4) is 0 Å². The van der Waals surface area contributed by atoms with Crippen LogP contribution < -0.4 is 14.4 Å². The zero-order valence-electron chi connectivity index (χ0n) is 19.0. The Balaban J connectivity index is 1.56. The van der Waals surface area contributed by atoms with Gasteiger partial charge >= 0.3 is 5.97 Å². The van der Waals surface area contributed by atoms with E-state index in [-0.39, 0.29) is 28.1 Å². The van der Waals surface area contributed by atoms with Gasteiger partial charge in [0.2, 0.25) is 5.13 Å². The Kier molecular flexibility index (Phi) is 7.28. The van der Waals surface area contributed by atoms with Crippen LogP contribution in [0.4, 0.5) is 10.8 Å². The summed E-state index contributed by atoms with van der Waals surface area (Å²) in [7, 11) is -2.67. The summed E-state index contributed by atoms with van der Waals surface area (Å²) < 4.78 is 39.2. The van der Waals surface area contributed by atoms with Crippen LogP contribution >= 0.6 is 23.1 Å². The second-order valence-electron chi connectivity index (χ2n) is 7.65. The number of hydrogen-bond acceptors (Lipinski definition) is 10. The summed E-state index contributed by atoms with van der Waals surface area (Å²) in [6.45, 7) is 3.50. The first kappa shape index (κ1) is 24.9. The fraction of sp³-hybridized carbons (Fsp3) is 0.273. The van der Waals surface area contributed by atoms with E-state index in [1.807, 2.05) is 13.8 Å². The molecule has 0 radical (unpaired) electrons. The minimum atomic E-state index is -3.96. The summed E-state index contributed by atoms with van der Waals surface area (Å²) in [6, 6.07) is 11.7. The van der Waals surface area contributed by atoms with Crippen molar-refractivity contribution in [2.24, 2.45) is 0 Å². The number of carbonyl (C=O) groups excluding carboxylic acids is 2. The number of anilines is 2. The number of nitrogens with zero attached hydrogens (tertiary/aromatic N) is 3. The Morgan fingerprint density at radius 2 is 1.89 bits per heavy atom. The van der Waals surface area contributed by atoms with Crippen LogP contribution in [-0.4, -0.2) is 56.0 Å². The molecule has 1 N–H and O–H groups in total. The van der Waals surface area contributed by atoms with E-state index in [1.165, 1.54) is 11.4 Å². The Morgan fingerprint density at radius 1 is 1.17 bits per heavy atom. The summed E-state index contributed by atoms with van der Waals surface area (Å²) >= 11 is 2.21. The number of hydrogen-bond donors (Lipinski definition) is 1. The first-order valence-electron chi connectivity index (χ1n) is 10.4. The lowest BCUT2D eigenvalue weighted by Crippen LogP contribution is -2.48. The number of benzene rings is 2. The first-order valence-corrected chi connectivity index (χ1v) is 13.6. The van der Waals surface area contributed by atoms with Crippen molar-refractivity contribution in [1.82, 2.24) is 10.2 Å². The molecule has 4 rings (SSSR count). The van der Waals surface area contributed by atoms with Crippen LogP contribution in [0.5, 0.6) is 5.75 Å². The van der Waals surface area contributed by atoms with E-state index in [0.717, 1.165) is 34.2 Å². The SMILES string of the molecule is COC(=O)CSc1nnc(NC(=O)C2CN(S(=O)(=O)c3ccc(C)cc3)c3cc(C)ccc3O2)s1. The van der Waals surface area contributed by atoms with Gasteiger partial charge in [-0.2, -0.15) is 0 Å². The second-order valence-corrected chi connectivity index (χ2v) is 11.7. The fourth-order valence-electron chi connectivity index (χ4n) is 3.25. The molecule has 35 heavy (non-hydrogen) atoms. The predicted molar refractivity (Wildman–Crippen MR) is 133 cm³/mol. The molecule has 0 fully saturated rings. The number of rotatable bonds is 7. The van der Waals surface area contributed by atoms with Crippen LogP contribution in [0, 0.1) is 13.8 Å². The molecule has 1 atom stereocenters. The molecule has 0 saturated carbocycles. The van der Waals surface area contributed by atoms with Gasteiger partial charge in [-0.15, -0.1) is 10.2 Å². The summed E-state index contributed by atoms with van der Waals surface area (Å²) in [4.78, 5) is 24.4. The zero-order valence-corrected chi connectivity index (χ0v) is 21.5.